The van der Waals surface area contributed by atoms with Gasteiger partial charge < -0.3 is 20.3 Å². The standard InChI is InChI=1S/C13H11Cl2N5O4/c14-8-1-6(2-9(15)10(8)11-18-5-19-24-11)20-4-7(23-13(20)22)3-17-12(16)21/h1-2,5,7H,3-4H2,(H3,16,17,21). The van der Waals surface area contributed by atoms with Crippen molar-refractivity contribution in [3.8, 4) is 11.5 Å². The zero-order valence-corrected chi connectivity index (χ0v) is 13.5. The lowest BCUT2D eigenvalue weighted by molar-refractivity contribution is 0.141. The maximum Gasteiger partial charge on any atom is 0.414 e. The SMILES string of the molecule is NC(=O)NCC1CN(c2cc(Cl)c(-c3ncno3)c(Cl)c2)C(=O)O1. The third-order valence-electron chi connectivity index (χ3n) is 3.29. The van der Waals surface area contributed by atoms with E-state index in [4.69, 9.17) is 38.2 Å². The van der Waals surface area contributed by atoms with Gasteiger partial charge in [0.1, 0.15) is 6.10 Å². The average Bonchev–Trinajstić information content (AvgIpc) is 3.14. The van der Waals surface area contributed by atoms with E-state index < -0.39 is 18.2 Å². The number of nitrogens with two attached hydrogens (primary N) is 1. The molecule has 0 radical (unpaired) electrons. The molecule has 1 aliphatic heterocycles. The van der Waals surface area contributed by atoms with Crippen LogP contribution in [0.3, 0.4) is 0 Å². The van der Waals surface area contributed by atoms with Crippen LogP contribution in [0.4, 0.5) is 15.3 Å². The fraction of sp³-hybridized carbons (Fsp3) is 0.231. The van der Waals surface area contributed by atoms with E-state index in [1.807, 2.05) is 0 Å². The molecule has 3 N–H and O–H groups in total. The van der Waals surface area contributed by atoms with E-state index in [1.54, 1.807) is 0 Å². The lowest BCUT2D eigenvalue weighted by Gasteiger charge is -2.15. The molecule has 1 saturated heterocycles. The number of nitrogens with one attached hydrogen (secondary N) is 1. The first-order chi connectivity index (χ1) is 11.5. The molecule has 1 aliphatic rings. The van der Waals surface area contributed by atoms with E-state index in [2.05, 4.69) is 15.5 Å². The Morgan fingerprint density at radius 1 is 1.42 bits per heavy atom. The summed E-state index contributed by atoms with van der Waals surface area (Å²) in [4.78, 5) is 28.0. The molecule has 2 aromatic rings. The van der Waals surface area contributed by atoms with Gasteiger partial charge in [0, 0.05) is 0 Å². The number of carbonyl (C=O) groups is 2. The lowest BCUT2D eigenvalue weighted by atomic mass is 10.2. The zero-order chi connectivity index (χ0) is 17.3. The molecule has 1 fully saturated rings. The number of aromatic nitrogens is 2. The molecular weight excluding hydrogens is 361 g/mol. The van der Waals surface area contributed by atoms with E-state index in [0.29, 0.717) is 11.3 Å². The normalized spacial score (nSPS) is 17.0. The highest BCUT2D eigenvalue weighted by molar-refractivity contribution is 6.39. The van der Waals surface area contributed by atoms with Gasteiger partial charge in [-0.05, 0) is 12.1 Å². The number of hydrogen-bond donors (Lipinski definition) is 2. The van der Waals surface area contributed by atoms with Crippen molar-refractivity contribution < 1.29 is 18.8 Å². The minimum atomic E-state index is -0.695. The summed E-state index contributed by atoms with van der Waals surface area (Å²) in [6, 6.07) is 2.38. The minimum Gasteiger partial charge on any atom is -0.442 e. The monoisotopic (exact) mass is 371 g/mol. The fourth-order valence-electron chi connectivity index (χ4n) is 2.26. The van der Waals surface area contributed by atoms with Crippen molar-refractivity contribution in [2.75, 3.05) is 18.0 Å². The van der Waals surface area contributed by atoms with Crippen molar-refractivity contribution in [3.63, 3.8) is 0 Å². The zero-order valence-electron chi connectivity index (χ0n) is 12.0. The van der Waals surface area contributed by atoms with E-state index in [0.717, 1.165) is 0 Å². The van der Waals surface area contributed by atoms with E-state index >= 15 is 0 Å². The number of halogens is 2. The molecule has 1 unspecified atom stereocenters. The van der Waals surface area contributed by atoms with Gasteiger partial charge in [-0.25, -0.2) is 9.59 Å². The van der Waals surface area contributed by atoms with Crippen LogP contribution in [0.5, 0.6) is 0 Å². The summed E-state index contributed by atoms with van der Waals surface area (Å²) in [5.41, 5.74) is 5.81. The summed E-state index contributed by atoms with van der Waals surface area (Å²) in [6.07, 6.45) is 0.117. The fourth-order valence-corrected chi connectivity index (χ4v) is 2.89. The first-order valence-corrected chi connectivity index (χ1v) is 7.49. The lowest BCUT2D eigenvalue weighted by Crippen LogP contribution is -2.37. The van der Waals surface area contributed by atoms with Gasteiger partial charge in [-0.1, -0.05) is 28.4 Å². The van der Waals surface area contributed by atoms with Gasteiger partial charge in [-0.2, -0.15) is 4.98 Å². The van der Waals surface area contributed by atoms with E-state index in [1.165, 1.54) is 23.4 Å². The summed E-state index contributed by atoms with van der Waals surface area (Å²) in [7, 11) is 0. The molecule has 11 heteroatoms. The first-order valence-electron chi connectivity index (χ1n) is 6.73. The molecule has 24 heavy (non-hydrogen) atoms. The third-order valence-corrected chi connectivity index (χ3v) is 3.89. The Balaban J connectivity index is 1.83. The number of primary amides is 1. The van der Waals surface area contributed by atoms with Crippen LogP contribution < -0.4 is 16.0 Å². The maximum atomic E-state index is 12.0. The molecule has 0 bridgehead atoms. The summed E-state index contributed by atoms with van der Waals surface area (Å²) in [6.45, 7) is 0.324. The molecule has 1 aromatic heterocycles. The topological polar surface area (TPSA) is 124 Å². The predicted octanol–water partition coefficient (Wildman–Crippen LogP) is 2.04. The number of nitrogens with zero attached hydrogens (tertiary/aromatic N) is 3. The Kier molecular flexibility index (Phi) is 4.45. The van der Waals surface area contributed by atoms with Gasteiger partial charge in [-0.15, -0.1) is 0 Å². The van der Waals surface area contributed by atoms with Crippen molar-refractivity contribution in [2.24, 2.45) is 5.73 Å². The van der Waals surface area contributed by atoms with Crippen LogP contribution >= 0.6 is 23.2 Å². The molecule has 1 atom stereocenters. The minimum absolute atomic E-state index is 0.110. The highest BCUT2D eigenvalue weighted by Crippen LogP contribution is 2.38. The van der Waals surface area contributed by atoms with Crippen molar-refractivity contribution in [1.29, 1.82) is 0 Å². The Labute approximate surface area is 145 Å². The molecule has 2 heterocycles. The van der Waals surface area contributed by atoms with Crippen LogP contribution in [0.1, 0.15) is 0 Å². The van der Waals surface area contributed by atoms with Crippen LogP contribution in [0.25, 0.3) is 11.5 Å². The maximum absolute atomic E-state index is 12.0. The Hall–Kier alpha value is -2.52. The summed E-state index contributed by atoms with van der Waals surface area (Å²) < 4.78 is 10.1. The number of hydrogen-bond acceptors (Lipinski definition) is 6. The summed E-state index contributed by atoms with van der Waals surface area (Å²) >= 11 is 12.5. The van der Waals surface area contributed by atoms with Crippen molar-refractivity contribution in [2.45, 2.75) is 6.10 Å². The number of amides is 3. The van der Waals surface area contributed by atoms with Gasteiger partial charge in [0.15, 0.2) is 6.33 Å². The number of ether oxygens (including phenoxy) is 1. The third kappa shape index (κ3) is 3.22. The molecule has 0 spiro atoms. The second-order valence-electron chi connectivity index (χ2n) is 4.89. The van der Waals surface area contributed by atoms with Gasteiger partial charge in [0.05, 0.1) is 34.4 Å². The van der Waals surface area contributed by atoms with Crippen LogP contribution in [-0.4, -0.2) is 41.5 Å². The van der Waals surface area contributed by atoms with Crippen LogP contribution in [0.2, 0.25) is 10.0 Å². The highest BCUT2D eigenvalue weighted by Gasteiger charge is 2.33. The molecule has 3 rings (SSSR count). The largest absolute Gasteiger partial charge is 0.442 e. The molecule has 3 amide bonds. The first kappa shape index (κ1) is 16.3. The quantitative estimate of drug-likeness (QED) is 0.847. The summed E-state index contributed by atoms with van der Waals surface area (Å²) in [5.74, 6) is 0.170. The molecule has 1 aromatic carbocycles. The van der Waals surface area contributed by atoms with Crippen molar-refractivity contribution in [1.82, 2.24) is 15.5 Å². The Morgan fingerprint density at radius 3 is 2.71 bits per heavy atom. The van der Waals surface area contributed by atoms with Crippen LogP contribution in [0.15, 0.2) is 23.0 Å². The molecule has 126 valence electrons. The van der Waals surface area contributed by atoms with Crippen molar-refractivity contribution in [3.05, 3.63) is 28.5 Å². The predicted molar refractivity (Wildman–Crippen MR) is 85.0 cm³/mol. The molecule has 0 aliphatic carbocycles. The molecular formula is C13H11Cl2N5O4. The second-order valence-corrected chi connectivity index (χ2v) is 5.71. The number of urea groups is 1. The van der Waals surface area contributed by atoms with Gasteiger partial charge in [0.25, 0.3) is 5.89 Å². The molecule has 0 saturated carbocycles. The van der Waals surface area contributed by atoms with E-state index in [9.17, 15) is 9.59 Å². The van der Waals surface area contributed by atoms with Crippen molar-refractivity contribution >= 4 is 41.0 Å². The number of carbonyl (C=O) groups excluding carboxylic acids is 2. The number of benzene rings is 1. The number of rotatable bonds is 4. The van der Waals surface area contributed by atoms with E-state index in [-0.39, 0.29) is 29.0 Å². The van der Waals surface area contributed by atoms with Crippen LogP contribution in [-0.2, 0) is 4.74 Å². The smallest absolute Gasteiger partial charge is 0.414 e. The van der Waals surface area contributed by atoms with Gasteiger partial charge in [-0.3, -0.25) is 4.90 Å². The van der Waals surface area contributed by atoms with Gasteiger partial charge >= 0.3 is 12.1 Å². The van der Waals surface area contributed by atoms with Gasteiger partial charge in [0.2, 0.25) is 0 Å². The Bertz CT molecular complexity index is 760. The highest BCUT2D eigenvalue weighted by atomic mass is 35.5. The average molecular weight is 372 g/mol. The summed E-state index contributed by atoms with van der Waals surface area (Å²) in [5, 5.41) is 6.38. The second kappa shape index (κ2) is 6.54. The molecule has 9 nitrogen and oxygen atoms in total. The Morgan fingerprint density at radius 2 is 2.12 bits per heavy atom. The number of cyclic esters (lactones) is 1. The van der Waals surface area contributed by atoms with Crippen LogP contribution in [0, 0.1) is 0 Å². The number of anilines is 1.